The lowest BCUT2D eigenvalue weighted by Crippen LogP contribution is -2.25. The zero-order chi connectivity index (χ0) is 18.9. The van der Waals surface area contributed by atoms with Gasteiger partial charge in [0, 0.05) is 44.7 Å². The highest BCUT2D eigenvalue weighted by molar-refractivity contribution is 6.13. The summed E-state index contributed by atoms with van der Waals surface area (Å²) in [5.41, 5.74) is 8.05. The maximum absolute atomic E-state index is 8.64. The lowest BCUT2D eigenvalue weighted by molar-refractivity contribution is 0.200. The average Bonchev–Trinajstić information content (AvgIpc) is 3.45. The van der Waals surface area contributed by atoms with Gasteiger partial charge < -0.3 is 15.4 Å². The predicted octanol–water partition coefficient (Wildman–Crippen LogP) is 3.26. The minimum absolute atomic E-state index is 0. The van der Waals surface area contributed by atoms with Gasteiger partial charge in [0.2, 0.25) is 0 Å². The van der Waals surface area contributed by atoms with Crippen LogP contribution in [0.1, 0.15) is 45.3 Å². The van der Waals surface area contributed by atoms with E-state index in [9.17, 15) is 0 Å². The third-order valence-electron chi connectivity index (χ3n) is 4.98. The van der Waals surface area contributed by atoms with E-state index in [0.29, 0.717) is 16.9 Å². The van der Waals surface area contributed by atoms with Gasteiger partial charge in [0.15, 0.2) is 0 Å². The van der Waals surface area contributed by atoms with Gasteiger partial charge in [-0.15, -0.1) is 11.8 Å². The summed E-state index contributed by atoms with van der Waals surface area (Å²) in [4.78, 5) is 10.9. The Kier molecular flexibility index (Phi) is 4.44. The summed E-state index contributed by atoms with van der Waals surface area (Å²) >= 11 is 0. The second-order valence-electron chi connectivity index (χ2n) is 7.28. The van der Waals surface area contributed by atoms with Crippen molar-refractivity contribution in [3.63, 3.8) is 0 Å². The zero-order valence-corrected chi connectivity index (χ0v) is 15.5. The highest BCUT2D eigenvalue weighted by Gasteiger charge is 2.40. The van der Waals surface area contributed by atoms with E-state index in [1.807, 2.05) is 18.2 Å². The summed E-state index contributed by atoms with van der Waals surface area (Å²) in [5, 5.41) is 8.64. The van der Waals surface area contributed by atoms with E-state index in [4.69, 9.17) is 15.9 Å². The van der Waals surface area contributed by atoms with Crippen LogP contribution in [0.4, 0.5) is 11.5 Å². The Labute approximate surface area is 160 Å². The summed E-state index contributed by atoms with van der Waals surface area (Å²) in [6.45, 7) is 3.76. The lowest BCUT2D eigenvalue weighted by atomic mass is 10.0. The Hall–Kier alpha value is -3.07. The average molecular weight is 363 g/mol. The van der Waals surface area contributed by atoms with Crippen molar-refractivity contribution in [3.8, 4) is 17.6 Å². The third-order valence-corrected chi connectivity index (χ3v) is 4.98. The Balaban J connectivity index is 0.00000225. The van der Waals surface area contributed by atoms with E-state index in [1.54, 1.807) is 6.07 Å². The van der Waals surface area contributed by atoms with Gasteiger partial charge >= 0.3 is 0 Å². The second kappa shape index (κ2) is 6.92. The normalized spacial score (nSPS) is 17.4. The first-order valence-electron chi connectivity index (χ1n) is 9.25. The van der Waals surface area contributed by atoms with E-state index in [0.717, 1.165) is 50.3 Å². The smallest absolute Gasteiger partial charge is 0.132 e. The molecule has 1 aromatic heterocycles. The SMILES string of the molecule is CC1(Oc2ccc(N)c(C(=N)c3cc(N4CCC#CCC4)ncn3)c2)CC1.[HH]. The van der Waals surface area contributed by atoms with Crippen molar-refractivity contribution in [2.75, 3.05) is 23.7 Å². The number of nitrogens with zero attached hydrogens (tertiary/aromatic N) is 3. The van der Waals surface area contributed by atoms with E-state index >= 15 is 0 Å². The quantitative estimate of drug-likeness (QED) is 0.484. The zero-order valence-electron chi connectivity index (χ0n) is 15.5. The van der Waals surface area contributed by atoms with Gasteiger partial charge in [-0.3, -0.25) is 5.41 Å². The van der Waals surface area contributed by atoms with E-state index in [-0.39, 0.29) is 12.7 Å². The fraction of sp³-hybridized carbons (Fsp3) is 0.381. The number of nitrogen functional groups attached to an aromatic ring is 1. The van der Waals surface area contributed by atoms with Crippen LogP contribution in [0.5, 0.6) is 5.75 Å². The molecule has 6 nitrogen and oxygen atoms in total. The van der Waals surface area contributed by atoms with Gasteiger partial charge in [0.25, 0.3) is 0 Å². The number of nitrogens with one attached hydrogen (secondary N) is 1. The number of hydrogen-bond donors (Lipinski definition) is 2. The van der Waals surface area contributed by atoms with Crippen molar-refractivity contribution in [2.45, 2.75) is 38.2 Å². The third kappa shape index (κ3) is 3.87. The molecule has 1 aliphatic carbocycles. The Morgan fingerprint density at radius 3 is 2.67 bits per heavy atom. The van der Waals surface area contributed by atoms with Crippen molar-refractivity contribution in [3.05, 3.63) is 41.9 Å². The molecule has 27 heavy (non-hydrogen) atoms. The molecule has 3 N–H and O–H groups in total. The number of rotatable bonds is 5. The molecule has 140 valence electrons. The van der Waals surface area contributed by atoms with Gasteiger partial charge in [-0.25, -0.2) is 9.97 Å². The van der Waals surface area contributed by atoms with Gasteiger partial charge in [-0.1, -0.05) is 0 Å². The molecule has 1 aromatic carbocycles. The predicted molar refractivity (Wildman–Crippen MR) is 108 cm³/mol. The molecule has 0 atom stereocenters. The summed E-state index contributed by atoms with van der Waals surface area (Å²) in [6.07, 6.45) is 5.26. The summed E-state index contributed by atoms with van der Waals surface area (Å²) in [5.74, 6) is 7.83. The Morgan fingerprint density at radius 1 is 1.22 bits per heavy atom. The van der Waals surface area contributed by atoms with Crippen LogP contribution in [-0.4, -0.2) is 34.4 Å². The molecular weight excluding hydrogens is 338 g/mol. The van der Waals surface area contributed by atoms with Crippen molar-refractivity contribution in [1.29, 1.82) is 5.41 Å². The lowest BCUT2D eigenvalue weighted by Gasteiger charge is -2.21. The molecule has 1 aliphatic heterocycles. The van der Waals surface area contributed by atoms with Crippen LogP contribution >= 0.6 is 0 Å². The molecule has 1 saturated carbocycles. The summed E-state index contributed by atoms with van der Waals surface area (Å²) in [6, 6.07) is 7.34. The number of hydrogen-bond acceptors (Lipinski definition) is 6. The van der Waals surface area contributed by atoms with Crippen LogP contribution in [0, 0.1) is 17.3 Å². The minimum Gasteiger partial charge on any atom is -0.488 e. The molecular formula is C21H25N5O. The van der Waals surface area contributed by atoms with Crippen molar-refractivity contribution in [1.82, 2.24) is 9.97 Å². The molecule has 0 unspecified atom stereocenters. The summed E-state index contributed by atoms with van der Waals surface area (Å²) in [7, 11) is 0. The second-order valence-corrected chi connectivity index (χ2v) is 7.28. The van der Waals surface area contributed by atoms with Crippen LogP contribution in [0.2, 0.25) is 0 Å². The number of ether oxygens (including phenoxy) is 1. The summed E-state index contributed by atoms with van der Waals surface area (Å²) < 4.78 is 6.02. The number of nitrogens with two attached hydrogens (primary N) is 1. The van der Waals surface area contributed by atoms with Gasteiger partial charge in [0.1, 0.15) is 23.5 Å². The fourth-order valence-electron chi connectivity index (χ4n) is 3.07. The fourth-order valence-corrected chi connectivity index (χ4v) is 3.07. The van der Waals surface area contributed by atoms with Crippen LogP contribution in [0.15, 0.2) is 30.6 Å². The van der Waals surface area contributed by atoms with Crippen LogP contribution in [0.3, 0.4) is 0 Å². The van der Waals surface area contributed by atoms with Crippen molar-refractivity contribution < 1.29 is 6.16 Å². The monoisotopic (exact) mass is 363 g/mol. The largest absolute Gasteiger partial charge is 0.488 e. The van der Waals surface area contributed by atoms with Gasteiger partial charge in [0.05, 0.1) is 11.4 Å². The highest BCUT2D eigenvalue weighted by Crippen LogP contribution is 2.40. The molecule has 2 aliphatic rings. The maximum atomic E-state index is 8.64. The number of benzene rings is 1. The topological polar surface area (TPSA) is 88.1 Å². The van der Waals surface area contributed by atoms with E-state index in [1.165, 1.54) is 6.33 Å². The molecule has 1 fully saturated rings. The molecule has 0 radical (unpaired) electrons. The van der Waals surface area contributed by atoms with E-state index < -0.39 is 0 Å². The molecule has 2 heterocycles. The molecule has 0 saturated heterocycles. The Morgan fingerprint density at radius 2 is 1.96 bits per heavy atom. The molecule has 0 amide bonds. The molecule has 6 heteroatoms. The van der Waals surface area contributed by atoms with Crippen LogP contribution < -0.4 is 15.4 Å². The van der Waals surface area contributed by atoms with Crippen molar-refractivity contribution in [2.24, 2.45) is 0 Å². The minimum atomic E-state index is -0.0769. The van der Waals surface area contributed by atoms with E-state index in [2.05, 4.69) is 33.6 Å². The van der Waals surface area contributed by atoms with Crippen LogP contribution in [0.25, 0.3) is 0 Å². The molecule has 0 bridgehead atoms. The standard InChI is InChI=1S/C21H23N5O.H2/c1-21(8-9-21)27-15-6-7-17(22)16(12-15)20(23)18-13-19(25-14-24-18)26-10-4-2-3-5-11-26;/h6-7,12-14,23H,4-5,8-11,22H2,1H3;1H. The number of aromatic nitrogens is 2. The van der Waals surface area contributed by atoms with Gasteiger partial charge in [-0.05, 0) is 38.0 Å². The first kappa shape index (κ1) is 17.3. The van der Waals surface area contributed by atoms with Crippen LogP contribution in [-0.2, 0) is 0 Å². The molecule has 4 rings (SSSR count). The first-order valence-corrected chi connectivity index (χ1v) is 9.25. The highest BCUT2D eigenvalue weighted by atomic mass is 16.5. The Bertz CT molecular complexity index is 933. The number of anilines is 2. The first-order chi connectivity index (χ1) is 13.0. The van der Waals surface area contributed by atoms with Gasteiger partial charge in [-0.2, -0.15) is 0 Å². The maximum Gasteiger partial charge on any atom is 0.132 e. The molecule has 2 aromatic rings. The van der Waals surface area contributed by atoms with Crippen molar-refractivity contribution >= 4 is 17.2 Å². The molecule has 0 spiro atoms.